The van der Waals surface area contributed by atoms with E-state index in [2.05, 4.69) is 40.4 Å². The van der Waals surface area contributed by atoms with Gasteiger partial charge in [-0.25, -0.2) is 0 Å². The molecule has 0 aliphatic heterocycles. The van der Waals surface area contributed by atoms with Gasteiger partial charge in [0.15, 0.2) is 0 Å². The quantitative estimate of drug-likeness (QED) is 0.640. The molecule has 2 atom stereocenters. The smallest absolute Gasteiger partial charge is 0.305 e. The summed E-state index contributed by atoms with van der Waals surface area (Å²) in [5.41, 5.74) is 1.44. The van der Waals surface area contributed by atoms with E-state index < -0.39 is 0 Å². The largest absolute Gasteiger partial charge is 0.469 e. The Hall–Kier alpha value is -1.35. The predicted octanol–water partition coefficient (Wildman–Crippen LogP) is 3.26. The van der Waals surface area contributed by atoms with E-state index in [0.717, 1.165) is 13.0 Å². The summed E-state index contributed by atoms with van der Waals surface area (Å²) in [6.07, 6.45) is 6.48. The summed E-state index contributed by atoms with van der Waals surface area (Å²) in [4.78, 5) is 11.1. The average molecular weight is 275 g/mol. The van der Waals surface area contributed by atoms with Gasteiger partial charge in [0.1, 0.15) is 0 Å². The first kappa shape index (κ1) is 15.0. The fourth-order valence-electron chi connectivity index (χ4n) is 3.10. The molecule has 0 saturated heterocycles. The molecule has 0 radical (unpaired) electrons. The van der Waals surface area contributed by atoms with E-state index in [9.17, 15) is 4.79 Å². The van der Waals surface area contributed by atoms with Gasteiger partial charge in [-0.3, -0.25) is 4.79 Å². The number of hydrogen-bond acceptors (Lipinski definition) is 3. The Morgan fingerprint density at radius 1 is 1.25 bits per heavy atom. The molecule has 0 aromatic heterocycles. The van der Waals surface area contributed by atoms with Crippen LogP contribution in [0.15, 0.2) is 30.3 Å². The number of carbonyl (C=O) groups excluding carboxylic acids is 1. The highest BCUT2D eigenvalue weighted by Gasteiger charge is 2.25. The first-order valence-electron chi connectivity index (χ1n) is 7.66. The van der Waals surface area contributed by atoms with Gasteiger partial charge in [-0.2, -0.15) is 0 Å². The molecule has 1 saturated carbocycles. The lowest BCUT2D eigenvalue weighted by Gasteiger charge is -2.32. The molecule has 2 rings (SSSR count). The van der Waals surface area contributed by atoms with Crippen molar-refractivity contribution in [1.82, 2.24) is 5.32 Å². The van der Waals surface area contributed by atoms with Crippen LogP contribution in [-0.4, -0.2) is 25.7 Å². The van der Waals surface area contributed by atoms with Crippen molar-refractivity contribution in [1.29, 1.82) is 0 Å². The van der Waals surface area contributed by atoms with Crippen molar-refractivity contribution in [2.24, 2.45) is 0 Å². The molecule has 0 spiro atoms. The molecule has 3 heteroatoms. The van der Waals surface area contributed by atoms with Crippen LogP contribution in [-0.2, 0) is 9.53 Å². The highest BCUT2D eigenvalue weighted by molar-refractivity contribution is 5.69. The first-order valence-corrected chi connectivity index (χ1v) is 7.66. The van der Waals surface area contributed by atoms with Crippen molar-refractivity contribution >= 4 is 5.97 Å². The monoisotopic (exact) mass is 275 g/mol. The van der Waals surface area contributed by atoms with Crippen LogP contribution >= 0.6 is 0 Å². The van der Waals surface area contributed by atoms with Crippen molar-refractivity contribution in [2.45, 2.75) is 50.5 Å². The van der Waals surface area contributed by atoms with Crippen molar-refractivity contribution in [3.05, 3.63) is 35.9 Å². The maximum atomic E-state index is 11.1. The molecule has 1 N–H and O–H groups in total. The topological polar surface area (TPSA) is 38.3 Å². The summed E-state index contributed by atoms with van der Waals surface area (Å²) < 4.78 is 4.67. The van der Waals surface area contributed by atoms with Crippen molar-refractivity contribution in [2.75, 3.05) is 13.7 Å². The number of benzene rings is 1. The first-order chi connectivity index (χ1) is 9.81. The van der Waals surface area contributed by atoms with Crippen LogP contribution in [0.1, 0.15) is 50.0 Å². The van der Waals surface area contributed by atoms with Crippen LogP contribution in [0.3, 0.4) is 0 Å². The Kier molecular flexibility index (Phi) is 6.06. The molecular weight excluding hydrogens is 250 g/mol. The minimum atomic E-state index is -0.116. The second kappa shape index (κ2) is 8.05. The van der Waals surface area contributed by atoms with Crippen LogP contribution in [0, 0.1) is 0 Å². The summed E-state index contributed by atoms with van der Waals surface area (Å²) in [5, 5.41) is 3.64. The third-order valence-electron chi connectivity index (χ3n) is 4.19. The van der Waals surface area contributed by atoms with Gasteiger partial charge >= 0.3 is 5.97 Å². The normalized spacial score (nSPS) is 22.4. The zero-order valence-corrected chi connectivity index (χ0v) is 12.3. The lowest BCUT2D eigenvalue weighted by Crippen LogP contribution is -2.37. The average Bonchev–Trinajstić information content (AvgIpc) is 2.52. The molecular formula is C17H25NO2. The second-order valence-electron chi connectivity index (χ2n) is 5.54. The maximum absolute atomic E-state index is 11.1. The Morgan fingerprint density at radius 3 is 2.75 bits per heavy atom. The Balaban J connectivity index is 1.83. The van der Waals surface area contributed by atoms with Crippen LogP contribution in [0.2, 0.25) is 0 Å². The summed E-state index contributed by atoms with van der Waals surface area (Å²) in [5.74, 6) is 0.498. The zero-order valence-electron chi connectivity index (χ0n) is 12.3. The standard InChI is InChI=1S/C17H25NO2/c1-20-17(19)12-7-13-18-16-11-6-5-10-15(16)14-8-3-2-4-9-14/h2-4,8-9,15-16,18H,5-7,10-13H2,1H3. The SMILES string of the molecule is COC(=O)CCCNC1CCCCC1c1ccccc1. The van der Waals surface area contributed by atoms with Crippen LogP contribution in [0.4, 0.5) is 0 Å². The minimum absolute atomic E-state index is 0.116. The van der Waals surface area contributed by atoms with Gasteiger partial charge in [0.25, 0.3) is 0 Å². The molecule has 1 aliphatic carbocycles. The molecule has 1 fully saturated rings. The molecule has 2 unspecified atom stereocenters. The summed E-state index contributed by atoms with van der Waals surface area (Å²) in [7, 11) is 1.45. The lowest BCUT2D eigenvalue weighted by molar-refractivity contribution is -0.140. The number of carbonyl (C=O) groups is 1. The van der Waals surface area contributed by atoms with E-state index in [1.54, 1.807) is 0 Å². The molecule has 1 aliphatic rings. The number of rotatable bonds is 6. The highest BCUT2D eigenvalue weighted by Crippen LogP contribution is 2.32. The molecule has 1 aromatic carbocycles. The molecule has 20 heavy (non-hydrogen) atoms. The van der Waals surface area contributed by atoms with E-state index in [-0.39, 0.29) is 5.97 Å². The fourth-order valence-corrected chi connectivity index (χ4v) is 3.10. The van der Waals surface area contributed by atoms with Gasteiger partial charge in [0, 0.05) is 12.5 Å². The van der Waals surface area contributed by atoms with Gasteiger partial charge in [-0.15, -0.1) is 0 Å². The van der Waals surface area contributed by atoms with E-state index in [1.165, 1.54) is 38.4 Å². The van der Waals surface area contributed by atoms with Gasteiger partial charge in [-0.05, 0) is 37.3 Å². The third kappa shape index (κ3) is 4.34. The summed E-state index contributed by atoms with van der Waals surface area (Å²) >= 11 is 0. The molecule has 0 heterocycles. The van der Waals surface area contributed by atoms with Crippen LogP contribution < -0.4 is 5.32 Å². The van der Waals surface area contributed by atoms with Crippen molar-refractivity contribution in [3.63, 3.8) is 0 Å². The Morgan fingerprint density at radius 2 is 2.00 bits per heavy atom. The summed E-state index contributed by atoms with van der Waals surface area (Å²) in [6, 6.07) is 11.3. The predicted molar refractivity (Wildman–Crippen MR) is 80.7 cm³/mol. The van der Waals surface area contributed by atoms with Gasteiger partial charge in [-0.1, -0.05) is 43.2 Å². The van der Waals surface area contributed by atoms with E-state index in [0.29, 0.717) is 18.4 Å². The molecule has 0 amide bonds. The Labute approximate surface area is 121 Å². The molecule has 0 bridgehead atoms. The van der Waals surface area contributed by atoms with Crippen molar-refractivity contribution in [3.8, 4) is 0 Å². The maximum Gasteiger partial charge on any atom is 0.305 e. The lowest BCUT2D eigenvalue weighted by atomic mass is 9.80. The number of esters is 1. The zero-order chi connectivity index (χ0) is 14.2. The fraction of sp³-hybridized carbons (Fsp3) is 0.588. The Bertz CT molecular complexity index is 405. The van der Waals surface area contributed by atoms with Crippen LogP contribution in [0.25, 0.3) is 0 Å². The van der Waals surface area contributed by atoms with Gasteiger partial charge in [0.05, 0.1) is 7.11 Å². The number of methoxy groups -OCH3 is 1. The number of nitrogens with one attached hydrogen (secondary N) is 1. The van der Waals surface area contributed by atoms with Gasteiger partial charge < -0.3 is 10.1 Å². The molecule has 1 aromatic rings. The number of hydrogen-bond donors (Lipinski definition) is 1. The third-order valence-corrected chi connectivity index (χ3v) is 4.19. The van der Waals surface area contributed by atoms with Gasteiger partial charge in [0.2, 0.25) is 0 Å². The molecule has 110 valence electrons. The number of ether oxygens (including phenoxy) is 1. The molecule has 3 nitrogen and oxygen atoms in total. The highest BCUT2D eigenvalue weighted by atomic mass is 16.5. The summed E-state index contributed by atoms with van der Waals surface area (Å²) in [6.45, 7) is 0.892. The van der Waals surface area contributed by atoms with E-state index in [4.69, 9.17) is 0 Å². The van der Waals surface area contributed by atoms with E-state index in [1.807, 2.05) is 0 Å². The van der Waals surface area contributed by atoms with Crippen molar-refractivity contribution < 1.29 is 9.53 Å². The van der Waals surface area contributed by atoms with E-state index >= 15 is 0 Å². The second-order valence-corrected chi connectivity index (χ2v) is 5.54. The minimum Gasteiger partial charge on any atom is -0.469 e. The van der Waals surface area contributed by atoms with Crippen LogP contribution in [0.5, 0.6) is 0 Å².